The lowest BCUT2D eigenvalue weighted by atomic mass is 10.1. The van der Waals surface area contributed by atoms with Gasteiger partial charge < -0.3 is 10.2 Å². The van der Waals surface area contributed by atoms with Gasteiger partial charge in [-0.3, -0.25) is 19.1 Å². The molecule has 0 atom stereocenters. The van der Waals surface area contributed by atoms with Crippen LogP contribution >= 0.6 is 0 Å². The van der Waals surface area contributed by atoms with Crippen LogP contribution in [0.2, 0.25) is 0 Å². The molecule has 1 saturated heterocycles. The van der Waals surface area contributed by atoms with E-state index < -0.39 is 0 Å². The van der Waals surface area contributed by atoms with Crippen LogP contribution in [-0.4, -0.2) is 62.4 Å². The minimum atomic E-state index is -0.353. The van der Waals surface area contributed by atoms with E-state index in [2.05, 4.69) is 42.2 Å². The van der Waals surface area contributed by atoms with Crippen LogP contribution in [0.5, 0.6) is 0 Å². The molecular weight excluding hydrogens is 466 g/mol. The minimum Gasteiger partial charge on any atom is -0.369 e. The summed E-state index contributed by atoms with van der Waals surface area (Å²) in [5, 5.41) is 3.29. The molecule has 0 radical (unpaired) electrons. The number of Topliss-reactive ketones (excluding diaryl/α,β-unsaturated/α-hetero) is 1. The van der Waals surface area contributed by atoms with Crippen LogP contribution in [0.3, 0.4) is 0 Å². The summed E-state index contributed by atoms with van der Waals surface area (Å²) in [6.45, 7) is 5.77. The highest BCUT2D eigenvalue weighted by Gasteiger charge is 2.27. The summed E-state index contributed by atoms with van der Waals surface area (Å²) >= 11 is 0. The lowest BCUT2D eigenvalue weighted by Crippen LogP contribution is -2.49. The summed E-state index contributed by atoms with van der Waals surface area (Å²) in [6.07, 6.45) is 11.0. The molecule has 2 aromatic heterocycles. The summed E-state index contributed by atoms with van der Waals surface area (Å²) < 4.78 is 1.67. The molecule has 6 rings (SSSR count). The molecule has 3 heterocycles. The Bertz CT molecular complexity index is 1330. The zero-order chi connectivity index (χ0) is 25.4. The number of anilines is 3. The van der Waals surface area contributed by atoms with Crippen molar-refractivity contribution in [1.82, 2.24) is 24.4 Å². The van der Waals surface area contributed by atoms with Gasteiger partial charge in [0.2, 0.25) is 5.95 Å². The lowest BCUT2D eigenvalue weighted by molar-refractivity contribution is 0.101. The van der Waals surface area contributed by atoms with Gasteiger partial charge in [-0.2, -0.15) is 4.98 Å². The van der Waals surface area contributed by atoms with Crippen LogP contribution in [0.1, 0.15) is 74.8 Å². The number of benzene rings is 1. The Labute approximate surface area is 216 Å². The van der Waals surface area contributed by atoms with Gasteiger partial charge in [0, 0.05) is 56.6 Å². The summed E-state index contributed by atoms with van der Waals surface area (Å²) in [6, 6.07) is 9.21. The predicted octanol–water partition coefficient (Wildman–Crippen LogP) is 4.31. The van der Waals surface area contributed by atoms with E-state index in [1.807, 2.05) is 12.1 Å². The Hall–Kier alpha value is -3.33. The number of fused-ring (bicyclic) bond motifs is 1. The quantitative estimate of drug-likeness (QED) is 0.499. The fourth-order valence-corrected chi connectivity index (χ4v) is 6.29. The molecule has 37 heavy (non-hydrogen) atoms. The van der Waals surface area contributed by atoms with E-state index in [9.17, 15) is 9.59 Å². The minimum absolute atomic E-state index is 0.0345. The molecule has 3 aliphatic rings. The van der Waals surface area contributed by atoms with Crippen molar-refractivity contribution in [3.8, 4) is 0 Å². The maximum atomic E-state index is 13.2. The average Bonchev–Trinajstić information content (AvgIpc) is 3.64. The van der Waals surface area contributed by atoms with Gasteiger partial charge in [0.05, 0.1) is 6.20 Å². The molecule has 1 aromatic carbocycles. The van der Waals surface area contributed by atoms with Gasteiger partial charge in [0.25, 0.3) is 5.56 Å². The smallest absolute Gasteiger partial charge is 0.282 e. The van der Waals surface area contributed by atoms with Crippen molar-refractivity contribution in [2.75, 3.05) is 36.4 Å². The van der Waals surface area contributed by atoms with Gasteiger partial charge in [-0.15, -0.1) is 0 Å². The zero-order valence-corrected chi connectivity index (χ0v) is 21.5. The van der Waals surface area contributed by atoms with Gasteiger partial charge in [0.15, 0.2) is 17.1 Å². The normalized spacial score (nSPS) is 19.6. The van der Waals surface area contributed by atoms with Gasteiger partial charge >= 0.3 is 0 Å². The molecule has 3 aromatic rings. The number of piperazine rings is 1. The van der Waals surface area contributed by atoms with E-state index >= 15 is 0 Å². The molecule has 0 amide bonds. The summed E-state index contributed by atoms with van der Waals surface area (Å²) in [7, 11) is 0. The first-order valence-corrected chi connectivity index (χ1v) is 13.7. The van der Waals surface area contributed by atoms with Crippen molar-refractivity contribution >= 4 is 34.3 Å². The van der Waals surface area contributed by atoms with Crippen LogP contribution in [0.25, 0.3) is 11.2 Å². The number of nitrogens with zero attached hydrogens (tertiary/aromatic N) is 6. The largest absolute Gasteiger partial charge is 0.369 e. The highest BCUT2D eigenvalue weighted by Crippen LogP contribution is 2.31. The number of carbonyl (C=O) groups is 1. The second-order valence-corrected chi connectivity index (χ2v) is 10.7. The number of hydrogen-bond acceptors (Lipinski definition) is 8. The van der Waals surface area contributed by atoms with Crippen molar-refractivity contribution in [1.29, 1.82) is 0 Å². The van der Waals surface area contributed by atoms with E-state index in [0.717, 1.165) is 63.6 Å². The topological polar surface area (TPSA) is 96.2 Å². The monoisotopic (exact) mass is 501 g/mol. The molecule has 2 aliphatic carbocycles. The molecule has 1 aliphatic heterocycles. The molecule has 0 spiro atoms. The third-order valence-corrected chi connectivity index (χ3v) is 8.30. The SMILES string of the molecule is CC(=O)c1nc2cnc(Nc3ccc(N4CCN(C5CCCC5)CC4)cc3)nc2n(C2CCCC2)c1=O. The summed E-state index contributed by atoms with van der Waals surface area (Å²) in [4.78, 5) is 43.8. The van der Waals surface area contributed by atoms with Crippen molar-refractivity contribution in [3.63, 3.8) is 0 Å². The van der Waals surface area contributed by atoms with Crippen molar-refractivity contribution in [2.45, 2.75) is 70.4 Å². The standard InChI is InChI=1S/C28H35N7O2/c1-19(36)25-27(37)35(23-8-4-5-9-23)26-24(31-25)18-29-28(32-26)30-20-10-12-22(13-11-20)34-16-14-33(15-17-34)21-6-2-3-7-21/h10-13,18,21,23H,2-9,14-17H2,1H3,(H,29,30,32). The Kier molecular flexibility index (Phi) is 6.63. The maximum Gasteiger partial charge on any atom is 0.282 e. The Morgan fingerprint density at radius 3 is 2.19 bits per heavy atom. The van der Waals surface area contributed by atoms with E-state index in [0.29, 0.717) is 17.1 Å². The number of aromatic nitrogens is 4. The molecule has 0 unspecified atom stereocenters. The van der Waals surface area contributed by atoms with Crippen LogP contribution in [0, 0.1) is 0 Å². The molecule has 1 N–H and O–H groups in total. The Morgan fingerprint density at radius 2 is 1.54 bits per heavy atom. The number of hydrogen-bond donors (Lipinski definition) is 1. The van der Waals surface area contributed by atoms with Crippen LogP contribution in [-0.2, 0) is 0 Å². The van der Waals surface area contributed by atoms with Crippen molar-refractivity contribution in [2.24, 2.45) is 0 Å². The van der Waals surface area contributed by atoms with E-state index in [1.165, 1.54) is 38.3 Å². The fraction of sp³-hybridized carbons (Fsp3) is 0.536. The highest BCUT2D eigenvalue weighted by molar-refractivity contribution is 5.93. The van der Waals surface area contributed by atoms with Crippen molar-refractivity contribution in [3.05, 3.63) is 46.5 Å². The first-order valence-electron chi connectivity index (χ1n) is 13.7. The zero-order valence-electron chi connectivity index (χ0n) is 21.5. The molecular formula is C28H35N7O2. The fourth-order valence-electron chi connectivity index (χ4n) is 6.29. The maximum absolute atomic E-state index is 13.2. The van der Waals surface area contributed by atoms with Gasteiger partial charge in [-0.1, -0.05) is 25.7 Å². The van der Waals surface area contributed by atoms with Gasteiger partial charge in [-0.05, 0) is 49.9 Å². The third-order valence-electron chi connectivity index (χ3n) is 8.30. The van der Waals surface area contributed by atoms with Crippen LogP contribution in [0.15, 0.2) is 35.3 Å². The van der Waals surface area contributed by atoms with E-state index in [-0.39, 0.29) is 23.1 Å². The highest BCUT2D eigenvalue weighted by atomic mass is 16.1. The first kappa shape index (κ1) is 24.0. The molecule has 2 saturated carbocycles. The second kappa shape index (κ2) is 10.2. The molecule has 9 nitrogen and oxygen atoms in total. The number of nitrogens with one attached hydrogen (secondary N) is 1. The average molecular weight is 502 g/mol. The number of ketones is 1. The van der Waals surface area contributed by atoms with Crippen molar-refractivity contribution < 1.29 is 4.79 Å². The third kappa shape index (κ3) is 4.84. The van der Waals surface area contributed by atoms with Crippen LogP contribution < -0.4 is 15.8 Å². The predicted molar refractivity (Wildman–Crippen MR) is 145 cm³/mol. The Balaban J connectivity index is 1.20. The second-order valence-electron chi connectivity index (χ2n) is 10.7. The number of carbonyl (C=O) groups excluding carboxylic acids is 1. The first-order chi connectivity index (χ1) is 18.1. The molecule has 9 heteroatoms. The Morgan fingerprint density at radius 1 is 0.892 bits per heavy atom. The summed E-state index contributed by atoms with van der Waals surface area (Å²) in [5.74, 6) is 0.0786. The van der Waals surface area contributed by atoms with Crippen LogP contribution in [0.4, 0.5) is 17.3 Å². The van der Waals surface area contributed by atoms with E-state index in [4.69, 9.17) is 0 Å². The molecule has 0 bridgehead atoms. The molecule has 3 fully saturated rings. The molecule has 194 valence electrons. The lowest BCUT2D eigenvalue weighted by Gasteiger charge is -2.39. The van der Waals surface area contributed by atoms with Gasteiger partial charge in [-0.25, -0.2) is 9.97 Å². The van der Waals surface area contributed by atoms with E-state index in [1.54, 1.807) is 10.8 Å². The van der Waals surface area contributed by atoms with Gasteiger partial charge in [0.1, 0.15) is 5.52 Å². The summed E-state index contributed by atoms with van der Waals surface area (Å²) in [5.41, 5.74) is 2.67. The number of rotatable bonds is 6.